The SMILES string of the molecule is O=C(C=Cc1ccc(Br)s1)NNC(=O)C12CC3CC(CC(C3)C1)C2. The minimum absolute atomic E-state index is 0.0159. The summed E-state index contributed by atoms with van der Waals surface area (Å²) in [4.78, 5) is 25.6. The molecule has 4 saturated carbocycles. The maximum absolute atomic E-state index is 12.7. The molecule has 128 valence electrons. The zero-order valence-electron chi connectivity index (χ0n) is 13.4. The number of hydrogen-bond acceptors (Lipinski definition) is 3. The second-order valence-electron chi connectivity index (χ2n) is 7.62. The second-order valence-corrected chi connectivity index (χ2v) is 10.1. The van der Waals surface area contributed by atoms with Crippen molar-refractivity contribution >= 4 is 45.2 Å². The summed E-state index contributed by atoms with van der Waals surface area (Å²) in [6.07, 6.45) is 10.1. The molecule has 2 amide bonds. The Morgan fingerprint density at radius 1 is 1.08 bits per heavy atom. The second kappa shape index (κ2) is 6.30. The van der Waals surface area contributed by atoms with Crippen LogP contribution in [0.2, 0.25) is 0 Å². The quantitative estimate of drug-likeness (QED) is 0.588. The maximum Gasteiger partial charge on any atom is 0.262 e. The van der Waals surface area contributed by atoms with Gasteiger partial charge in [-0.1, -0.05) is 0 Å². The molecule has 4 aliphatic rings. The van der Waals surface area contributed by atoms with Crippen molar-refractivity contribution in [3.63, 3.8) is 0 Å². The predicted octanol–water partition coefficient (Wildman–Crippen LogP) is 3.89. The van der Waals surface area contributed by atoms with Crippen LogP contribution in [0.3, 0.4) is 0 Å². The summed E-state index contributed by atoms with van der Waals surface area (Å²) in [7, 11) is 0. The number of rotatable bonds is 3. The van der Waals surface area contributed by atoms with Gasteiger partial charge in [-0.25, -0.2) is 0 Å². The molecule has 0 unspecified atom stereocenters. The van der Waals surface area contributed by atoms with Crippen LogP contribution in [0, 0.1) is 23.2 Å². The highest BCUT2D eigenvalue weighted by Crippen LogP contribution is 2.59. The molecule has 4 nitrogen and oxygen atoms in total. The van der Waals surface area contributed by atoms with E-state index in [1.54, 1.807) is 17.4 Å². The molecule has 2 N–H and O–H groups in total. The number of hydrogen-bond donors (Lipinski definition) is 2. The van der Waals surface area contributed by atoms with Crippen molar-refractivity contribution in [1.29, 1.82) is 0 Å². The minimum atomic E-state index is -0.294. The first-order chi connectivity index (χ1) is 11.5. The van der Waals surface area contributed by atoms with Crippen LogP contribution in [0.25, 0.3) is 6.08 Å². The lowest BCUT2D eigenvalue weighted by Crippen LogP contribution is -2.56. The van der Waals surface area contributed by atoms with Crippen molar-refractivity contribution < 1.29 is 9.59 Å². The van der Waals surface area contributed by atoms with Crippen LogP contribution in [0.15, 0.2) is 22.0 Å². The Bertz CT molecular complexity index is 662. The molecule has 0 aliphatic heterocycles. The normalized spacial score (nSPS) is 33.8. The topological polar surface area (TPSA) is 58.2 Å². The van der Waals surface area contributed by atoms with E-state index in [0.717, 1.165) is 45.7 Å². The zero-order chi connectivity index (χ0) is 16.7. The molecule has 1 aromatic rings. The Morgan fingerprint density at radius 3 is 2.25 bits per heavy atom. The highest BCUT2D eigenvalue weighted by molar-refractivity contribution is 9.11. The first-order valence-corrected chi connectivity index (χ1v) is 10.2. The summed E-state index contributed by atoms with van der Waals surface area (Å²) in [6, 6.07) is 3.88. The van der Waals surface area contributed by atoms with Gasteiger partial charge in [0.25, 0.3) is 5.91 Å². The molecule has 0 atom stereocenters. The van der Waals surface area contributed by atoms with Crippen molar-refractivity contribution in [2.75, 3.05) is 0 Å². The molecule has 6 heteroatoms. The van der Waals surface area contributed by atoms with Gasteiger partial charge in [0.2, 0.25) is 5.91 Å². The number of hydrazine groups is 1. The predicted molar refractivity (Wildman–Crippen MR) is 97.9 cm³/mol. The molecule has 1 heterocycles. The molecule has 4 bridgehead atoms. The Morgan fingerprint density at radius 2 is 1.71 bits per heavy atom. The summed E-state index contributed by atoms with van der Waals surface area (Å²) < 4.78 is 1.03. The van der Waals surface area contributed by atoms with Gasteiger partial charge < -0.3 is 0 Å². The third kappa shape index (κ3) is 3.18. The fourth-order valence-electron chi connectivity index (χ4n) is 5.26. The van der Waals surface area contributed by atoms with Gasteiger partial charge in [0, 0.05) is 11.0 Å². The van der Waals surface area contributed by atoms with Crippen LogP contribution in [0.4, 0.5) is 0 Å². The molecule has 5 rings (SSSR count). The number of amides is 2. The van der Waals surface area contributed by atoms with E-state index in [-0.39, 0.29) is 17.2 Å². The molecule has 1 aromatic heterocycles. The molecule has 0 saturated heterocycles. The van der Waals surface area contributed by atoms with E-state index in [0.29, 0.717) is 0 Å². The van der Waals surface area contributed by atoms with Crippen molar-refractivity contribution in [3.8, 4) is 0 Å². The third-order valence-electron chi connectivity index (χ3n) is 5.81. The van der Waals surface area contributed by atoms with E-state index >= 15 is 0 Å². The van der Waals surface area contributed by atoms with Crippen LogP contribution in [-0.4, -0.2) is 11.8 Å². The standard InChI is InChI=1S/C18H21BrN2O2S/c19-15-3-1-14(24-15)2-4-16(22)20-21-17(23)18-8-11-5-12(9-18)7-13(6-11)10-18/h1-4,11-13H,5-10H2,(H,20,22)(H,21,23). The number of carbonyl (C=O) groups excluding carboxylic acids is 2. The molecule has 4 fully saturated rings. The molecule has 24 heavy (non-hydrogen) atoms. The number of nitrogens with one attached hydrogen (secondary N) is 2. The van der Waals surface area contributed by atoms with Gasteiger partial charge in [0.15, 0.2) is 0 Å². The lowest BCUT2D eigenvalue weighted by molar-refractivity contribution is -0.148. The summed E-state index contributed by atoms with van der Waals surface area (Å²) >= 11 is 4.95. The number of halogens is 1. The fourth-order valence-corrected chi connectivity index (χ4v) is 6.58. The number of carbonyl (C=O) groups is 2. The van der Waals surface area contributed by atoms with E-state index < -0.39 is 0 Å². The lowest BCUT2D eigenvalue weighted by atomic mass is 9.49. The van der Waals surface area contributed by atoms with Crippen molar-refractivity contribution in [2.24, 2.45) is 23.2 Å². The highest BCUT2D eigenvalue weighted by atomic mass is 79.9. The lowest BCUT2D eigenvalue weighted by Gasteiger charge is -2.55. The van der Waals surface area contributed by atoms with Gasteiger partial charge in [-0.15, -0.1) is 11.3 Å². The number of thiophene rings is 1. The van der Waals surface area contributed by atoms with Gasteiger partial charge in [0.1, 0.15) is 0 Å². The average Bonchev–Trinajstić information content (AvgIpc) is 2.95. The molecule has 0 radical (unpaired) electrons. The Kier molecular flexibility index (Phi) is 4.29. The Hall–Kier alpha value is -1.14. The Labute approximate surface area is 154 Å². The zero-order valence-corrected chi connectivity index (χ0v) is 15.8. The fraction of sp³-hybridized carbons (Fsp3) is 0.556. The van der Waals surface area contributed by atoms with Gasteiger partial charge in [-0.2, -0.15) is 0 Å². The van der Waals surface area contributed by atoms with Crippen molar-refractivity contribution in [3.05, 3.63) is 26.9 Å². The highest BCUT2D eigenvalue weighted by Gasteiger charge is 2.54. The van der Waals surface area contributed by atoms with Crippen LogP contribution < -0.4 is 10.9 Å². The molecule has 0 spiro atoms. The summed E-state index contributed by atoms with van der Waals surface area (Å²) in [5.74, 6) is 1.87. The third-order valence-corrected chi connectivity index (χ3v) is 7.40. The van der Waals surface area contributed by atoms with Crippen LogP contribution >= 0.6 is 27.3 Å². The van der Waals surface area contributed by atoms with Gasteiger partial charge in [-0.05, 0) is 90.4 Å². The maximum atomic E-state index is 12.7. The van der Waals surface area contributed by atoms with E-state index in [4.69, 9.17) is 0 Å². The average molecular weight is 409 g/mol. The molecular weight excluding hydrogens is 388 g/mol. The van der Waals surface area contributed by atoms with Gasteiger partial charge >= 0.3 is 0 Å². The van der Waals surface area contributed by atoms with E-state index in [1.165, 1.54) is 25.3 Å². The van der Waals surface area contributed by atoms with Crippen molar-refractivity contribution in [2.45, 2.75) is 38.5 Å². The van der Waals surface area contributed by atoms with E-state index in [9.17, 15) is 9.59 Å². The molecule has 0 aromatic carbocycles. The monoisotopic (exact) mass is 408 g/mol. The molecular formula is C18H21BrN2O2S. The summed E-state index contributed by atoms with van der Waals surface area (Å²) in [5.41, 5.74) is 5.01. The summed E-state index contributed by atoms with van der Waals surface area (Å²) in [6.45, 7) is 0. The van der Waals surface area contributed by atoms with Gasteiger partial charge in [0.05, 0.1) is 9.20 Å². The van der Waals surface area contributed by atoms with E-state index in [2.05, 4.69) is 26.8 Å². The smallest absolute Gasteiger partial charge is 0.262 e. The van der Waals surface area contributed by atoms with E-state index in [1.807, 2.05) is 12.1 Å². The molecule has 4 aliphatic carbocycles. The van der Waals surface area contributed by atoms with Crippen LogP contribution in [0.5, 0.6) is 0 Å². The summed E-state index contributed by atoms with van der Waals surface area (Å²) in [5, 5.41) is 0. The van der Waals surface area contributed by atoms with Crippen LogP contribution in [0.1, 0.15) is 43.4 Å². The van der Waals surface area contributed by atoms with Crippen molar-refractivity contribution in [1.82, 2.24) is 10.9 Å². The van der Waals surface area contributed by atoms with Gasteiger partial charge in [-0.3, -0.25) is 20.4 Å². The largest absolute Gasteiger partial charge is 0.273 e. The minimum Gasteiger partial charge on any atom is -0.273 e. The first-order valence-electron chi connectivity index (χ1n) is 8.56. The first kappa shape index (κ1) is 16.3. The van der Waals surface area contributed by atoms with Crippen LogP contribution in [-0.2, 0) is 9.59 Å². The Balaban J connectivity index is 1.33.